The molecule has 0 fully saturated rings. The number of nitrogens with one attached hydrogen (secondary N) is 1. The van der Waals surface area contributed by atoms with Crippen molar-refractivity contribution in [2.45, 2.75) is 67.2 Å². The Labute approximate surface area is 186 Å². The van der Waals surface area contributed by atoms with Gasteiger partial charge in [0, 0.05) is 6.54 Å². The Balaban J connectivity index is 0. The third-order valence-corrected chi connectivity index (χ3v) is 3.64. The highest BCUT2D eigenvalue weighted by atomic mass is 35.5. The van der Waals surface area contributed by atoms with Gasteiger partial charge in [0.1, 0.15) is 0 Å². The molecule has 0 saturated carbocycles. The van der Waals surface area contributed by atoms with Gasteiger partial charge in [0.15, 0.2) is 28.4 Å². The number of halogens is 1. The first-order chi connectivity index (χ1) is 14.4. The van der Waals surface area contributed by atoms with Crippen molar-refractivity contribution in [1.82, 2.24) is 15.3 Å². The fraction of sp³-hybridized carbons (Fsp3) is 0.524. The first-order valence-electron chi connectivity index (χ1n) is 10.4. The van der Waals surface area contributed by atoms with Crippen LogP contribution in [0.3, 0.4) is 0 Å². The van der Waals surface area contributed by atoms with E-state index in [-0.39, 0.29) is 28.4 Å². The van der Waals surface area contributed by atoms with Crippen LogP contribution in [0.4, 0.5) is 11.6 Å². The molecule has 0 saturated heterocycles. The van der Waals surface area contributed by atoms with E-state index in [9.17, 15) is 4.79 Å². The normalized spacial score (nSPS) is 11.3. The Morgan fingerprint density at radius 2 is 1.77 bits per heavy atom. The van der Waals surface area contributed by atoms with Crippen molar-refractivity contribution >= 4 is 35.1 Å². The molecular formula is C21H38ClN7O. The van der Waals surface area contributed by atoms with Gasteiger partial charge in [0.05, 0.1) is 0 Å². The lowest BCUT2D eigenvalue weighted by Gasteiger charge is -2.07. The topological polar surface area (TPSA) is 145 Å². The Kier molecular flexibility index (Phi) is 18.2. The molecule has 9 heteroatoms. The summed E-state index contributed by atoms with van der Waals surface area (Å²) in [5.74, 6) is -0.825. The van der Waals surface area contributed by atoms with E-state index in [2.05, 4.69) is 39.4 Å². The van der Waals surface area contributed by atoms with Crippen LogP contribution in [0, 0.1) is 0 Å². The van der Waals surface area contributed by atoms with Crippen molar-refractivity contribution < 1.29 is 4.79 Å². The molecule has 170 valence electrons. The predicted molar refractivity (Wildman–Crippen MR) is 130 cm³/mol. The number of amides is 1. The van der Waals surface area contributed by atoms with Gasteiger partial charge >= 0.3 is 0 Å². The van der Waals surface area contributed by atoms with Crippen LogP contribution >= 0.6 is 11.6 Å². The molecule has 0 aliphatic rings. The second-order valence-corrected chi connectivity index (χ2v) is 5.86. The monoisotopic (exact) mass is 439 g/mol. The molecule has 1 aromatic rings. The molecule has 1 amide bonds. The minimum Gasteiger partial charge on any atom is -0.382 e. The molecular weight excluding hydrogens is 402 g/mol. The average molecular weight is 440 g/mol. The van der Waals surface area contributed by atoms with Crippen LogP contribution in [0.15, 0.2) is 28.8 Å². The molecule has 0 radical (unpaired) electrons. The molecule has 0 atom stereocenters. The van der Waals surface area contributed by atoms with Gasteiger partial charge in [0.25, 0.3) is 5.91 Å². The quantitative estimate of drug-likeness (QED) is 0.203. The van der Waals surface area contributed by atoms with Gasteiger partial charge in [-0.25, -0.2) is 9.97 Å². The standard InChI is InChI=1S/C17H26ClN7O.2C2H6/c1-3-7-11(8-4-2)9-5-6-10-22-17(21)25-16(26)12-14(19)24-15(20)13(18)23-12;2*1-2/h3,7-8H,4-6,9-10H2,1-2H3,(H4,19,20,24)(H3,21,22,25,26);2*1-2H3/b7-3-,11-8+;;. The zero-order valence-electron chi connectivity index (χ0n) is 19.1. The Hall–Kier alpha value is -2.61. The summed E-state index contributed by atoms with van der Waals surface area (Å²) in [5.41, 5.74) is 18.0. The van der Waals surface area contributed by atoms with E-state index >= 15 is 0 Å². The molecule has 30 heavy (non-hydrogen) atoms. The maximum absolute atomic E-state index is 12.1. The van der Waals surface area contributed by atoms with Crippen LogP contribution in [0.2, 0.25) is 5.15 Å². The van der Waals surface area contributed by atoms with Crippen molar-refractivity contribution in [3.05, 3.63) is 34.6 Å². The number of nitrogen functional groups attached to an aromatic ring is 2. The van der Waals surface area contributed by atoms with Crippen LogP contribution in [-0.4, -0.2) is 28.4 Å². The summed E-state index contributed by atoms with van der Waals surface area (Å²) in [6.45, 7) is 12.6. The summed E-state index contributed by atoms with van der Waals surface area (Å²) in [4.78, 5) is 23.8. The maximum atomic E-state index is 12.1. The minimum absolute atomic E-state index is 0.0121. The van der Waals surface area contributed by atoms with Crippen molar-refractivity contribution in [3.8, 4) is 0 Å². The molecule has 0 unspecified atom stereocenters. The zero-order chi connectivity index (χ0) is 23.5. The summed E-state index contributed by atoms with van der Waals surface area (Å²) in [7, 11) is 0. The van der Waals surface area contributed by atoms with E-state index in [0.29, 0.717) is 6.54 Å². The van der Waals surface area contributed by atoms with Gasteiger partial charge in [-0.15, -0.1) is 0 Å². The third-order valence-electron chi connectivity index (χ3n) is 3.36. The minimum atomic E-state index is -0.639. The number of carbonyl (C=O) groups is 1. The van der Waals surface area contributed by atoms with Crippen molar-refractivity contribution in [2.24, 2.45) is 10.7 Å². The molecule has 0 spiro atoms. The van der Waals surface area contributed by atoms with Gasteiger partial charge in [-0.2, -0.15) is 0 Å². The summed E-state index contributed by atoms with van der Waals surface area (Å²) in [5, 5.41) is 2.31. The largest absolute Gasteiger partial charge is 0.382 e. The molecule has 8 nitrogen and oxygen atoms in total. The second kappa shape index (κ2) is 18.4. The van der Waals surface area contributed by atoms with E-state index < -0.39 is 5.91 Å². The second-order valence-electron chi connectivity index (χ2n) is 5.50. The Bertz CT molecular complexity index is 716. The molecule has 1 rings (SSSR count). The highest BCUT2D eigenvalue weighted by Gasteiger charge is 2.16. The van der Waals surface area contributed by atoms with E-state index in [1.54, 1.807) is 0 Å². The summed E-state index contributed by atoms with van der Waals surface area (Å²) < 4.78 is 0. The number of aliphatic imine (C=N–C) groups is 1. The number of nitrogens with two attached hydrogens (primary N) is 3. The molecule has 0 aromatic carbocycles. The lowest BCUT2D eigenvalue weighted by molar-refractivity contribution is 0.0972. The number of unbranched alkanes of at least 4 members (excludes halogenated alkanes) is 1. The van der Waals surface area contributed by atoms with Gasteiger partial charge < -0.3 is 17.2 Å². The van der Waals surface area contributed by atoms with Crippen molar-refractivity contribution in [2.75, 3.05) is 18.0 Å². The van der Waals surface area contributed by atoms with Gasteiger partial charge in [-0.1, -0.05) is 70.0 Å². The van der Waals surface area contributed by atoms with Gasteiger partial charge in [0.2, 0.25) is 0 Å². The van der Waals surface area contributed by atoms with Gasteiger partial charge in [-0.3, -0.25) is 15.1 Å². The summed E-state index contributed by atoms with van der Waals surface area (Å²) in [6, 6.07) is 0. The SMILES string of the molecule is C/C=C\C(=C/CC)CCCCN=C(N)NC(=O)c1nc(Cl)c(N)nc1N.CC.CC. The molecule has 0 aliphatic carbocycles. The number of nitrogens with zero attached hydrogens (tertiary/aromatic N) is 3. The number of allylic oxidation sites excluding steroid dienone is 4. The molecule has 0 aliphatic heterocycles. The molecule has 7 N–H and O–H groups in total. The highest BCUT2D eigenvalue weighted by molar-refractivity contribution is 6.31. The lowest BCUT2D eigenvalue weighted by atomic mass is 10.1. The highest BCUT2D eigenvalue weighted by Crippen LogP contribution is 2.17. The average Bonchev–Trinajstić information content (AvgIpc) is 2.73. The molecule has 1 heterocycles. The number of anilines is 2. The van der Waals surface area contributed by atoms with Crippen LogP contribution in [0.1, 0.15) is 77.7 Å². The fourth-order valence-corrected chi connectivity index (χ4v) is 2.32. The first kappa shape index (κ1) is 29.6. The smallest absolute Gasteiger partial charge is 0.280 e. The number of hydrogen-bond acceptors (Lipinski definition) is 6. The zero-order valence-corrected chi connectivity index (χ0v) is 19.9. The Morgan fingerprint density at radius 1 is 1.13 bits per heavy atom. The molecule has 0 bridgehead atoms. The fourth-order valence-electron chi connectivity index (χ4n) is 2.19. The maximum Gasteiger partial charge on any atom is 0.280 e. The molecule has 1 aromatic heterocycles. The summed E-state index contributed by atoms with van der Waals surface area (Å²) >= 11 is 5.75. The van der Waals surface area contributed by atoms with E-state index in [0.717, 1.165) is 25.7 Å². The van der Waals surface area contributed by atoms with Crippen molar-refractivity contribution in [1.29, 1.82) is 0 Å². The summed E-state index contributed by atoms with van der Waals surface area (Å²) in [6.07, 6.45) is 10.2. The number of aromatic nitrogens is 2. The van der Waals surface area contributed by atoms with Crippen molar-refractivity contribution in [3.63, 3.8) is 0 Å². The van der Waals surface area contributed by atoms with E-state index in [4.69, 9.17) is 28.8 Å². The van der Waals surface area contributed by atoms with Gasteiger partial charge in [-0.05, 0) is 32.6 Å². The van der Waals surface area contributed by atoms with Crippen LogP contribution in [-0.2, 0) is 0 Å². The van der Waals surface area contributed by atoms with Crippen LogP contribution < -0.4 is 22.5 Å². The number of rotatable bonds is 8. The lowest BCUT2D eigenvalue weighted by Crippen LogP contribution is -2.38. The van der Waals surface area contributed by atoms with E-state index in [1.807, 2.05) is 40.7 Å². The van der Waals surface area contributed by atoms with E-state index in [1.165, 1.54) is 5.57 Å². The number of carbonyl (C=O) groups excluding carboxylic acids is 1. The predicted octanol–water partition coefficient (Wildman–Crippen LogP) is 4.47. The van der Waals surface area contributed by atoms with Crippen LogP contribution in [0.5, 0.6) is 0 Å². The Morgan fingerprint density at radius 3 is 2.33 bits per heavy atom. The number of guanidine groups is 1. The first-order valence-corrected chi connectivity index (χ1v) is 10.8. The van der Waals surface area contributed by atoms with Crippen LogP contribution in [0.25, 0.3) is 0 Å². The number of hydrogen-bond donors (Lipinski definition) is 4. The third kappa shape index (κ3) is 12.1.